The van der Waals surface area contributed by atoms with Gasteiger partial charge in [-0.2, -0.15) is 0 Å². The van der Waals surface area contributed by atoms with Crippen molar-refractivity contribution >= 4 is 36.5 Å². The fourth-order valence-corrected chi connectivity index (χ4v) is 3.36. The van der Waals surface area contributed by atoms with Crippen molar-refractivity contribution in [1.82, 2.24) is 10.2 Å². The molecular weight excluding hydrogens is 376 g/mol. The zero-order valence-corrected chi connectivity index (χ0v) is 15.5. The summed E-state index contributed by atoms with van der Waals surface area (Å²) in [5, 5.41) is 2.45. The molecule has 28 heavy (non-hydrogen) atoms. The molecule has 0 aliphatic carbocycles. The number of carbonyl (C=O) groups is 4. The average Bonchev–Trinajstić information content (AvgIpc) is 3.16. The highest BCUT2D eigenvalue weighted by molar-refractivity contribution is 5.96. The highest BCUT2D eigenvalue weighted by atomic mass is 16.7. The molecule has 152 valence electrons. The Balaban J connectivity index is 1.98. The van der Waals surface area contributed by atoms with Crippen LogP contribution in [-0.4, -0.2) is 84.7 Å². The second-order valence-corrected chi connectivity index (χ2v) is 6.44. The molecule has 1 saturated heterocycles. The van der Waals surface area contributed by atoms with E-state index < -0.39 is 48.0 Å². The lowest BCUT2D eigenvalue weighted by molar-refractivity contribution is -0.205. The van der Waals surface area contributed by atoms with Gasteiger partial charge in [-0.05, 0) is 0 Å². The van der Waals surface area contributed by atoms with Crippen molar-refractivity contribution < 1.29 is 38.1 Å². The van der Waals surface area contributed by atoms with Crippen molar-refractivity contribution in [1.29, 1.82) is 0 Å². The minimum absolute atomic E-state index is 0.219. The second kappa shape index (κ2) is 7.54. The quantitative estimate of drug-likeness (QED) is 0.426. The number of aliphatic imine (C=N–C) groups is 2. The van der Waals surface area contributed by atoms with Gasteiger partial charge in [0.15, 0.2) is 18.3 Å². The smallest absolute Gasteiger partial charge is 0.304 e. The third-order valence-electron chi connectivity index (χ3n) is 4.41. The van der Waals surface area contributed by atoms with E-state index in [9.17, 15) is 19.2 Å². The number of carbonyl (C=O) groups excluding carboxylic acids is 4. The molecule has 0 aromatic heterocycles. The molecule has 0 aromatic carbocycles. The molecule has 0 unspecified atom stereocenters. The van der Waals surface area contributed by atoms with Crippen LogP contribution in [0.4, 0.5) is 0 Å². The van der Waals surface area contributed by atoms with E-state index in [4.69, 9.17) is 18.9 Å². The van der Waals surface area contributed by atoms with Gasteiger partial charge in [0.05, 0.1) is 12.7 Å². The van der Waals surface area contributed by atoms with Gasteiger partial charge >= 0.3 is 17.9 Å². The lowest BCUT2D eigenvalue weighted by atomic mass is 10.0. The van der Waals surface area contributed by atoms with Gasteiger partial charge < -0.3 is 24.3 Å². The zero-order chi connectivity index (χ0) is 20.5. The maximum Gasteiger partial charge on any atom is 0.304 e. The first kappa shape index (κ1) is 19.7. The molecule has 3 rings (SSSR count). The summed E-state index contributed by atoms with van der Waals surface area (Å²) < 4.78 is 21.6. The number of nitrogens with zero attached hydrogens (tertiary/aromatic N) is 3. The van der Waals surface area contributed by atoms with E-state index in [1.54, 1.807) is 0 Å². The minimum atomic E-state index is -1.64. The number of esters is 3. The summed E-state index contributed by atoms with van der Waals surface area (Å²) in [6, 6.07) is -0.858. The first-order valence-electron chi connectivity index (χ1n) is 8.50. The van der Waals surface area contributed by atoms with E-state index >= 15 is 0 Å². The van der Waals surface area contributed by atoms with Gasteiger partial charge in [0, 0.05) is 20.8 Å². The topological polar surface area (TPSA) is 145 Å². The summed E-state index contributed by atoms with van der Waals surface area (Å²) in [5.41, 5.74) is -1.64. The summed E-state index contributed by atoms with van der Waals surface area (Å²) >= 11 is 0. The normalized spacial score (nSPS) is 33.2. The highest BCUT2D eigenvalue weighted by Crippen LogP contribution is 2.38. The molecule has 0 saturated carbocycles. The van der Waals surface area contributed by atoms with Crippen molar-refractivity contribution in [3.05, 3.63) is 0 Å². The summed E-state index contributed by atoms with van der Waals surface area (Å²) in [6.45, 7) is 3.16. The maximum absolute atomic E-state index is 12.0. The number of rotatable bonds is 5. The van der Waals surface area contributed by atoms with Gasteiger partial charge in [0.25, 0.3) is 11.6 Å². The molecule has 0 aromatic rings. The Morgan fingerprint density at radius 1 is 1.25 bits per heavy atom. The van der Waals surface area contributed by atoms with Gasteiger partial charge in [-0.15, -0.1) is 0 Å². The van der Waals surface area contributed by atoms with Crippen LogP contribution in [0.25, 0.3) is 0 Å². The SMILES string of the molecule is CC(=O)OC[C@@H]1OC[C@](OC(C)=O)(N2C=N[C@@H]3C(=O)NC=N[C@@H]32)[C@H]1OC(C)=O. The molecule has 1 N–H and O–H groups in total. The molecule has 12 nitrogen and oxygen atoms in total. The van der Waals surface area contributed by atoms with Crippen LogP contribution < -0.4 is 5.32 Å². The van der Waals surface area contributed by atoms with E-state index in [2.05, 4.69) is 15.3 Å². The predicted octanol–water partition coefficient (Wildman–Crippen LogP) is -1.66. The lowest BCUT2D eigenvalue weighted by Crippen LogP contribution is -2.65. The van der Waals surface area contributed by atoms with E-state index in [1.165, 1.54) is 38.3 Å². The molecule has 1 fully saturated rings. The monoisotopic (exact) mass is 396 g/mol. The van der Waals surface area contributed by atoms with E-state index in [-0.39, 0.29) is 19.1 Å². The van der Waals surface area contributed by atoms with Crippen LogP contribution in [0.1, 0.15) is 20.8 Å². The van der Waals surface area contributed by atoms with Crippen molar-refractivity contribution in [2.45, 2.75) is 50.9 Å². The van der Waals surface area contributed by atoms with Crippen LogP contribution >= 0.6 is 0 Å². The van der Waals surface area contributed by atoms with Gasteiger partial charge in [-0.3, -0.25) is 29.1 Å². The summed E-state index contributed by atoms with van der Waals surface area (Å²) in [4.78, 5) is 56.6. The number of nitrogens with one attached hydrogen (secondary N) is 1. The fourth-order valence-electron chi connectivity index (χ4n) is 3.36. The van der Waals surface area contributed by atoms with Gasteiger partial charge in [0.2, 0.25) is 0 Å². The summed E-state index contributed by atoms with van der Waals surface area (Å²) in [5.74, 6) is -2.25. The molecule has 1 amide bonds. The van der Waals surface area contributed by atoms with Crippen molar-refractivity contribution in [3.63, 3.8) is 0 Å². The highest BCUT2D eigenvalue weighted by Gasteiger charge is 2.62. The third-order valence-corrected chi connectivity index (χ3v) is 4.41. The zero-order valence-electron chi connectivity index (χ0n) is 15.5. The second-order valence-electron chi connectivity index (χ2n) is 6.44. The van der Waals surface area contributed by atoms with Crippen LogP contribution in [0.3, 0.4) is 0 Å². The third kappa shape index (κ3) is 3.54. The van der Waals surface area contributed by atoms with Gasteiger partial charge in [-0.25, -0.2) is 4.99 Å². The van der Waals surface area contributed by atoms with Gasteiger partial charge in [0.1, 0.15) is 19.3 Å². The Bertz CT molecular complexity index is 753. The number of hydrogen-bond acceptors (Lipinski definition) is 11. The largest absolute Gasteiger partial charge is 0.463 e. The average molecular weight is 396 g/mol. The molecule has 3 aliphatic heterocycles. The van der Waals surface area contributed by atoms with Crippen molar-refractivity contribution in [2.75, 3.05) is 13.2 Å². The summed E-state index contributed by atoms with van der Waals surface area (Å²) in [7, 11) is 0. The molecule has 0 spiro atoms. The lowest BCUT2D eigenvalue weighted by Gasteiger charge is -2.42. The molecule has 3 aliphatic rings. The summed E-state index contributed by atoms with van der Waals surface area (Å²) in [6.07, 6.45) is -0.337. The van der Waals surface area contributed by atoms with E-state index in [1.807, 2.05) is 0 Å². The minimum Gasteiger partial charge on any atom is -0.463 e. The van der Waals surface area contributed by atoms with Crippen molar-refractivity contribution in [2.24, 2.45) is 9.98 Å². The Morgan fingerprint density at radius 3 is 2.64 bits per heavy atom. The molecule has 3 heterocycles. The van der Waals surface area contributed by atoms with Crippen LogP contribution in [0.5, 0.6) is 0 Å². The van der Waals surface area contributed by atoms with E-state index in [0.29, 0.717) is 0 Å². The van der Waals surface area contributed by atoms with Gasteiger partial charge in [-0.1, -0.05) is 0 Å². The Morgan fingerprint density at radius 2 is 2.00 bits per heavy atom. The number of ether oxygens (including phenoxy) is 4. The molecule has 5 atom stereocenters. The molecule has 0 radical (unpaired) electrons. The standard InChI is InChI=1S/C16H20N4O8/c1-8(21)25-4-11-13(27-9(2)22)16(5-26-11,28-10(3)23)20-7-19-12-14(20)17-6-18-15(12)24/h6-7,11-14H,4-5H2,1-3H3,(H,17,18,24)/t11-,12-,13-,14+,16+/m0/s1. The first-order chi connectivity index (χ1) is 13.2. The maximum atomic E-state index is 12.0. The Kier molecular flexibility index (Phi) is 5.31. The van der Waals surface area contributed by atoms with Crippen LogP contribution in [0.2, 0.25) is 0 Å². The number of fused-ring (bicyclic) bond motifs is 1. The number of hydrogen-bond donors (Lipinski definition) is 1. The molecular formula is C16H20N4O8. The van der Waals surface area contributed by atoms with E-state index in [0.717, 1.165) is 0 Å². The molecule has 0 bridgehead atoms. The number of amides is 1. The van der Waals surface area contributed by atoms with Crippen LogP contribution in [0.15, 0.2) is 9.98 Å². The predicted molar refractivity (Wildman–Crippen MR) is 91.0 cm³/mol. The fraction of sp³-hybridized carbons (Fsp3) is 0.625. The van der Waals surface area contributed by atoms with Crippen molar-refractivity contribution in [3.8, 4) is 0 Å². The molecule has 12 heteroatoms. The van der Waals surface area contributed by atoms with Crippen LogP contribution in [0, 0.1) is 0 Å². The Hall–Kier alpha value is -3.02. The first-order valence-corrected chi connectivity index (χ1v) is 8.50. The Labute approximate surface area is 159 Å². The van der Waals surface area contributed by atoms with Crippen LogP contribution in [-0.2, 0) is 38.1 Å².